The molecule has 6 heteroatoms. The number of benzene rings is 1. The van der Waals surface area contributed by atoms with Gasteiger partial charge in [-0.25, -0.2) is 4.98 Å². The lowest BCUT2D eigenvalue weighted by molar-refractivity contribution is 0.102. The van der Waals surface area contributed by atoms with Gasteiger partial charge in [0.25, 0.3) is 5.91 Å². The highest BCUT2D eigenvalue weighted by atomic mass is 16.1. The number of nitrogens with zero attached hydrogens (tertiary/aromatic N) is 3. The first-order chi connectivity index (χ1) is 12.7. The highest BCUT2D eigenvalue weighted by molar-refractivity contribution is 6.06. The van der Waals surface area contributed by atoms with Gasteiger partial charge in [0.2, 0.25) is 0 Å². The molecule has 0 spiro atoms. The number of anilines is 2. The van der Waals surface area contributed by atoms with Crippen LogP contribution in [-0.4, -0.2) is 26.7 Å². The van der Waals surface area contributed by atoms with E-state index >= 15 is 0 Å². The molecule has 0 bridgehead atoms. The molecule has 4 rings (SSSR count). The minimum atomic E-state index is -0.172. The molecule has 3 aromatic rings. The molecule has 0 radical (unpaired) electrons. The quantitative estimate of drug-likeness (QED) is 0.738. The van der Waals surface area contributed by atoms with E-state index in [0.29, 0.717) is 17.3 Å². The van der Waals surface area contributed by atoms with Crippen molar-refractivity contribution in [2.24, 2.45) is 7.05 Å². The zero-order chi connectivity index (χ0) is 17.9. The van der Waals surface area contributed by atoms with Crippen LogP contribution < -0.4 is 10.6 Å². The van der Waals surface area contributed by atoms with Gasteiger partial charge in [0.1, 0.15) is 11.5 Å². The third kappa shape index (κ3) is 3.44. The van der Waals surface area contributed by atoms with Crippen LogP contribution in [0.4, 0.5) is 11.5 Å². The third-order valence-electron chi connectivity index (χ3n) is 4.60. The maximum Gasteiger partial charge on any atom is 0.255 e. The second-order valence-electron chi connectivity index (χ2n) is 6.59. The Kier molecular flexibility index (Phi) is 4.39. The van der Waals surface area contributed by atoms with Crippen molar-refractivity contribution >= 4 is 17.4 Å². The Hall–Kier alpha value is -3.15. The summed E-state index contributed by atoms with van der Waals surface area (Å²) in [6, 6.07) is 13.8. The number of amides is 1. The number of aromatic nitrogens is 3. The number of carbonyl (C=O) groups is 1. The van der Waals surface area contributed by atoms with Gasteiger partial charge in [-0.2, -0.15) is 5.10 Å². The molecule has 0 unspecified atom stereocenters. The van der Waals surface area contributed by atoms with Crippen LogP contribution in [-0.2, 0) is 7.05 Å². The van der Waals surface area contributed by atoms with Crippen molar-refractivity contribution in [1.82, 2.24) is 14.8 Å². The largest absolute Gasteiger partial charge is 0.367 e. The van der Waals surface area contributed by atoms with Crippen molar-refractivity contribution < 1.29 is 4.79 Å². The monoisotopic (exact) mass is 347 g/mol. The van der Waals surface area contributed by atoms with E-state index < -0.39 is 0 Å². The molecule has 6 nitrogen and oxygen atoms in total. The molecule has 26 heavy (non-hydrogen) atoms. The van der Waals surface area contributed by atoms with Gasteiger partial charge in [-0.3, -0.25) is 9.48 Å². The fourth-order valence-corrected chi connectivity index (χ4v) is 3.00. The van der Waals surface area contributed by atoms with E-state index in [4.69, 9.17) is 0 Å². The van der Waals surface area contributed by atoms with E-state index in [2.05, 4.69) is 20.7 Å². The Morgan fingerprint density at radius 2 is 2.00 bits per heavy atom. The zero-order valence-corrected chi connectivity index (χ0v) is 14.6. The first kappa shape index (κ1) is 16.3. The molecule has 0 saturated heterocycles. The van der Waals surface area contributed by atoms with E-state index in [-0.39, 0.29) is 5.91 Å². The number of aryl methyl sites for hydroxylation is 1. The summed E-state index contributed by atoms with van der Waals surface area (Å²) in [5, 5.41) is 10.8. The van der Waals surface area contributed by atoms with Gasteiger partial charge in [-0.1, -0.05) is 30.3 Å². The van der Waals surface area contributed by atoms with Crippen molar-refractivity contribution in [2.45, 2.75) is 25.3 Å². The number of carbonyl (C=O) groups excluding carboxylic acids is 1. The molecule has 0 atom stereocenters. The lowest BCUT2D eigenvalue weighted by atomic mass is 9.93. The first-order valence-corrected chi connectivity index (χ1v) is 8.82. The molecule has 1 aromatic carbocycles. The summed E-state index contributed by atoms with van der Waals surface area (Å²) < 4.78 is 1.70. The molecule has 2 heterocycles. The summed E-state index contributed by atoms with van der Waals surface area (Å²) in [7, 11) is 1.84. The Morgan fingerprint density at radius 1 is 1.19 bits per heavy atom. The zero-order valence-electron chi connectivity index (χ0n) is 14.6. The summed E-state index contributed by atoms with van der Waals surface area (Å²) >= 11 is 0. The summed E-state index contributed by atoms with van der Waals surface area (Å²) in [4.78, 5) is 17.0. The Morgan fingerprint density at radius 3 is 2.73 bits per heavy atom. The molecule has 1 aliphatic rings. The number of hydrogen-bond acceptors (Lipinski definition) is 4. The SMILES string of the molecule is Cn1cc(NC(=O)c2ccnc(NC3CCC3)c2)c(-c2ccccc2)n1. The summed E-state index contributed by atoms with van der Waals surface area (Å²) in [5.41, 5.74) is 2.98. The molecule has 1 saturated carbocycles. The van der Waals surface area contributed by atoms with E-state index in [1.807, 2.05) is 43.6 Å². The minimum Gasteiger partial charge on any atom is -0.367 e. The van der Waals surface area contributed by atoms with Crippen molar-refractivity contribution in [3.05, 3.63) is 60.4 Å². The van der Waals surface area contributed by atoms with E-state index in [1.165, 1.54) is 6.42 Å². The number of rotatable bonds is 5. The molecule has 2 aromatic heterocycles. The summed E-state index contributed by atoms with van der Waals surface area (Å²) in [6.45, 7) is 0. The van der Waals surface area contributed by atoms with Gasteiger partial charge in [-0.05, 0) is 31.4 Å². The van der Waals surface area contributed by atoms with E-state index in [9.17, 15) is 4.79 Å². The standard InChI is InChI=1S/C20H21N5O/c1-25-13-17(19(24-25)14-6-3-2-4-7-14)23-20(26)15-10-11-21-18(12-15)22-16-8-5-9-16/h2-4,6-7,10-13,16H,5,8-9H2,1H3,(H,21,22)(H,23,26). The van der Waals surface area contributed by atoms with Crippen molar-refractivity contribution in [2.75, 3.05) is 10.6 Å². The molecule has 2 N–H and O–H groups in total. The molecular weight excluding hydrogens is 326 g/mol. The predicted molar refractivity (Wildman–Crippen MR) is 102 cm³/mol. The molecular formula is C20H21N5O. The average molecular weight is 347 g/mol. The highest BCUT2D eigenvalue weighted by Crippen LogP contribution is 2.27. The van der Waals surface area contributed by atoms with Crippen LogP contribution in [0.25, 0.3) is 11.3 Å². The number of pyridine rings is 1. The van der Waals surface area contributed by atoms with Gasteiger partial charge < -0.3 is 10.6 Å². The van der Waals surface area contributed by atoms with Gasteiger partial charge in [0, 0.05) is 36.6 Å². The summed E-state index contributed by atoms with van der Waals surface area (Å²) in [5.74, 6) is 0.575. The molecule has 0 aliphatic heterocycles. The predicted octanol–water partition coefficient (Wildman–Crippen LogP) is 3.70. The lowest BCUT2D eigenvalue weighted by Gasteiger charge is -2.26. The van der Waals surface area contributed by atoms with Crippen LogP contribution in [0.15, 0.2) is 54.9 Å². The molecule has 1 aliphatic carbocycles. The Balaban J connectivity index is 1.54. The van der Waals surface area contributed by atoms with Crippen LogP contribution >= 0.6 is 0 Å². The molecule has 132 valence electrons. The van der Waals surface area contributed by atoms with Crippen LogP contribution in [0.5, 0.6) is 0 Å². The van der Waals surface area contributed by atoms with Crippen LogP contribution in [0.1, 0.15) is 29.6 Å². The molecule has 1 amide bonds. The van der Waals surface area contributed by atoms with Crippen molar-refractivity contribution in [1.29, 1.82) is 0 Å². The van der Waals surface area contributed by atoms with E-state index in [1.54, 1.807) is 23.0 Å². The minimum absolute atomic E-state index is 0.172. The Bertz CT molecular complexity index is 915. The Labute approximate surface area is 152 Å². The first-order valence-electron chi connectivity index (χ1n) is 8.82. The normalized spacial score (nSPS) is 13.9. The third-order valence-corrected chi connectivity index (χ3v) is 4.60. The fraction of sp³-hybridized carbons (Fsp3) is 0.250. The van der Waals surface area contributed by atoms with Crippen LogP contribution in [0.3, 0.4) is 0 Å². The fourth-order valence-electron chi connectivity index (χ4n) is 3.00. The number of hydrogen-bond donors (Lipinski definition) is 2. The lowest BCUT2D eigenvalue weighted by Crippen LogP contribution is -2.27. The topological polar surface area (TPSA) is 71.8 Å². The van der Waals surface area contributed by atoms with Gasteiger partial charge >= 0.3 is 0 Å². The second kappa shape index (κ2) is 7.00. The maximum atomic E-state index is 12.7. The summed E-state index contributed by atoms with van der Waals surface area (Å²) in [6.07, 6.45) is 7.05. The van der Waals surface area contributed by atoms with E-state index in [0.717, 1.165) is 29.9 Å². The van der Waals surface area contributed by atoms with Gasteiger partial charge in [0.05, 0.1) is 5.69 Å². The molecule has 1 fully saturated rings. The second-order valence-corrected chi connectivity index (χ2v) is 6.59. The smallest absolute Gasteiger partial charge is 0.255 e. The van der Waals surface area contributed by atoms with Crippen LogP contribution in [0, 0.1) is 0 Å². The van der Waals surface area contributed by atoms with Gasteiger partial charge in [0.15, 0.2) is 0 Å². The van der Waals surface area contributed by atoms with Crippen LogP contribution in [0.2, 0.25) is 0 Å². The van der Waals surface area contributed by atoms with Crippen molar-refractivity contribution in [3.63, 3.8) is 0 Å². The maximum absolute atomic E-state index is 12.7. The van der Waals surface area contributed by atoms with Crippen molar-refractivity contribution in [3.8, 4) is 11.3 Å². The average Bonchev–Trinajstić information content (AvgIpc) is 2.99. The van der Waals surface area contributed by atoms with Gasteiger partial charge in [-0.15, -0.1) is 0 Å². The highest BCUT2D eigenvalue weighted by Gasteiger charge is 2.18. The number of nitrogens with one attached hydrogen (secondary N) is 2.